The number of aryl methyl sites for hydroxylation is 1. The third kappa shape index (κ3) is 6.02. The molecule has 1 aliphatic heterocycles. The minimum atomic E-state index is 0.0125. The second-order valence-electron chi connectivity index (χ2n) is 14.7. The lowest BCUT2D eigenvalue weighted by Crippen LogP contribution is -2.17. The molecule has 1 aliphatic carbocycles. The highest BCUT2D eigenvalue weighted by atomic mass is 16.5. The predicted octanol–water partition coefficient (Wildman–Crippen LogP) is 13.6. The Morgan fingerprint density at radius 1 is 0.500 bits per heavy atom. The van der Waals surface area contributed by atoms with Crippen molar-refractivity contribution in [3.63, 3.8) is 0 Å². The second kappa shape index (κ2) is 13.8. The van der Waals surface area contributed by atoms with Gasteiger partial charge in [0.2, 0.25) is 0 Å². The van der Waals surface area contributed by atoms with Gasteiger partial charge in [-0.1, -0.05) is 182 Å². The van der Waals surface area contributed by atoms with Crippen molar-refractivity contribution in [2.45, 2.75) is 30.8 Å². The molecular formula is C53H40O. The molecule has 8 aromatic rings. The van der Waals surface area contributed by atoms with E-state index in [0.717, 1.165) is 18.6 Å². The van der Waals surface area contributed by atoms with Crippen LogP contribution in [0.3, 0.4) is 0 Å². The van der Waals surface area contributed by atoms with Crippen LogP contribution < -0.4 is 4.74 Å². The van der Waals surface area contributed by atoms with E-state index in [1.807, 2.05) is 0 Å². The zero-order valence-corrected chi connectivity index (χ0v) is 30.1. The molecule has 0 radical (unpaired) electrons. The fraction of sp³-hybridized carbons (Fsp3) is 0.0943. The van der Waals surface area contributed by atoms with E-state index in [-0.39, 0.29) is 17.9 Å². The van der Waals surface area contributed by atoms with Gasteiger partial charge < -0.3 is 4.74 Å². The molecule has 8 aromatic carbocycles. The van der Waals surface area contributed by atoms with Crippen LogP contribution in [0.1, 0.15) is 46.1 Å². The molecule has 0 fully saturated rings. The lowest BCUT2D eigenvalue weighted by Gasteiger charge is -2.21. The highest BCUT2D eigenvalue weighted by Crippen LogP contribution is 2.46. The fourth-order valence-corrected chi connectivity index (χ4v) is 8.70. The van der Waals surface area contributed by atoms with Gasteiger partial charge in [0, 0.05) is 17.4 Å². The third-order valence-electron chi connectivity index (χ3n) is 11.5. The summed E-state index contributed by atoms with van der Waals surface area (Å²) in [4.78, 5) is 0. The number of hydrogen-bond donors (Lipinski definition) is 0. The van der Waals surface area contributed by atoms with Crippen LogP contribution in [0.15, 0.2) is 200 Å². The maximum atomic E-state index is 6.54. The highest BCUT2D eigenvalue weighted by molar-refractivity contribution is 6.08. The molecule has 1 nitrogen and oxygen atoms in total. The monoisotopic (exact) mass is 692 g/mol. The maximum absolute atomic E-state index is 6.54. The SMILES string of the molecule is C1=CC2Oc3ccc(C(CCc4ccc(-c5ccc6c(ccc7ccccc76)c5)cc4)c4ccccc4)cc3C2C=C1c1ccccc1-c1ccccc1. The van der Waals surface area contributed by atoms with E-state index < -0.39 is 0 Å². The Morgan fingerprint density at radius 3 is 2.06 bits per heavy atom. The number of benzene rings is 8. The molecule has 0 saturated carbocycles. The van der Waals surface area contributed by atoms with Crippen LogP contribution in [0.2, 0.25) is 0 Å². The van der Waals surface area contributed by atoms with Crippen LogP contribution in [0, 0.1) is 0 Å². The Balaban J connectivity index is 0.920. The topological polar surface area (TPSA) is 9.23 Å². The molecule has 0 amide bonds. The number of hydrogen-bond acceptors (Lipinski definition) is 1. The summed E-state index contributed by atoms with van der Waals surface area (Å²) >= 11 is 0. The molecule has 1 heterocycles. The van der Waals surface area contributed by atoms with Gasteiger partial charge >= 0.3 is 0 Å². The molecule has 0 saturated heterocycles. The van der Waals surface area contributed by atoms with Crippen molar-refractivity contribution in [3.8, 4) is 28.0 Å². The Morgan fingerprint density at radius 2 is 1.20 bits per heavy atom. The van der Waals surface area contributed by atoms with Gasteiger partial charge in [-0.05, 0) is 103 Å². The van der Waals surface area contributed by atoms with Crippen molar-refractivity contribution < 1.29 is 4.74 Å². The summed E-state index contributed by atoms with van der Waals surface area (Å²) in [6.45, 7) is 0. The number of rotatable bonds is 8. The van der Waals surface area contributed by atoms with E-state index >= 15 is 0 Å². The van der Waals surface area contributed by atoms with Crippen LogP contribution in [0.5, 0.6) is 5.75 Å². The van der Waals surface area contributed by atoms with Gasteiger partial charge in [-0.25, -0.2) is 0 Å². The lowest BCUT2D eigenvalue weighted by molar-refractivity contribution is 0.269. The van der Waals surface area contributed by atoms with Crippen LogP contribution >= 0.6 is 0 Å². The van der Waals surface area contributed by atoms with E-state index in [4.69, 9.17) is 4.74 Å². The number of fused-ring (bicyclic) bond motifs is 6. The lowest BCUT2D eigenvalue weighted by atomic mass is 9.82. The largest absolute Gasteiger partial charge is 0.485 e. The Kier molecular flexibility index (Phi) is 8.26. The summed E-state index contributed by atoms with van der Waals surface area (Å²) in [5.41, 5.74) is 12.8. The Labute approximate surface area is 317 Å². The van der Waals surface area contributed by atoms with E-state index in [0.29, 0.717) is 0 Å². The van der Waals surface area contributed by atoms with Crippen molar-refractivity contribution in [2.75, 3.05) is 0 Å². The van der Waals surface area contributed by atoms with Gasteiger partial charge in [0.1, 0.15) is 11.9 Å². The van der Waals surface area contributed by atoms with Crippen LogP contribution in [0.4, 0.5) is 0 Å². The molecule has 0 aromatic heterocycles. The predicted molar refractivity (Wildman–Crippen MR) is 226 cm³/mol. The van der Waals surface area contributed by atoms with Crippen molar-refractivity contribution in [1.82, 2.24) is 0 Å². The minimum absolute atomic E-state index is 0.0125. The first-order valence-corrected chi connectivity index (χ1v) is 19.2. The molecule has 258 valence electrons. The van der Waals surface area contributed by atoms with Crippen molar-refractivity contribution in [1.29, 1.82) is 0 Å². The van der Waals surface area contributed by atoms with Crippen molar-refractivity contribution in [3.05, 3.63) is 228 Å². The Hall–Kier alpha value is -6.44. The number of ether oxygens (including phenoxy) is 1. The van der Waals surface area contributed by atoms with Gasteiger partial charge in [0.05, 0.1) is 0 Å². The van der Waals surface area contributed by atoms with E-state index in [9.17, 15) is 0 Å². The van der Waals surface area contributed by atoms with Crippen molar-refractivity contribution >= 4 is 27.1 Å². The third-order valence-corrected chi connectivity index (χ3v) is 11.5. The molecular weight excluding hydrogens is 653 g/mol. The van der Waals surface area contributed by atoms with E-state index in [1.165, 1.54) is 77.2 Å². The zero-order chi connectivity index (χ0) is 35.8. The quantitative estimate of drug-likeness (QED) is 0.144. The summed E-state index contributed by atoms with van der Waals surface area (Å²) in [6.07, 6.45) is 8.95. The molecule has 0 N–H and O–H groups in total. The molecule has 2 aliphatic rings. The maximum Gasteiger partial charge on any atom is 0.128 e. The summed E-state index contributed by atoms with van der Waals surface area (Å²) in [6, 6.07) is 66.6. The molecule has 54 heavy (non-hydrogen) atoms. The fourth-order valence-electron chi connectivity index (χ4n) is 8.70. The minimum Gasteiger partial charge on any atom is -0.485 e. The molecule has 0 bridgehead atoms. The van der Waals surface area contributed by atoms with Crippen molar-refractivity contribution in [2.24, 2.45) is 0 Å². The van der Waals surface area contributed by atoms with E-state index in [2.05, 4.69) is 200 Å². The molecule has 3 atom stereocenters. The standard InChI is InChI=1S/C53H40O/c1-3-11-38(12-4-1)45(29-21-36-19-22-37(23-20-36)41-26-30-49-42(33-41)25-24-40-15-7-8-16-47(40)49)43-27-31-52-50(34-43)51-35-44(28-32-53(51)54-52)48-18-10-9-17-46(48)39-13-5-2-6-14-39/h1-20,22-28,30-35,45,51,53H,21,29H2. The van der Waals surface area contributed by atoms with Gasteiger partial charge in [-0.3, -0.25) is 0 Å². The molecule has 1 heteroatoms. The average molecular weight is 693 g/mol. The molecule has 3 unspecified atom stereocenters. The summed E-state index contributed by atoms with van der Waals surface area (Å²) in [7, 11) is 0. The molecule has 0 spiro atoms. The highest BCUT2D eigenvalue weighted by Gasteiger charge is 2.34. The van der Waals surface area contributed by atoms with Gasteiger partial charge in [-0.2, -0.15) is 0 Å². The second-order valence-corrected chi connectivity index (χ2v) is 14.7. The Bertz CT molecular complexity index is 2680. The normalized spacial score (nSPS) is 16.4. The summed E-state index contributed by atoms with van der Waals surface area (Å²) in [5, 5.41) is 5.17. The summed E-state index contributed by atoms with van der Waals surface area (Å²) < 4.78 is 6.54. The van der Waals surface area contributed by atoms with Gasteiger partial charge in [-0.15, -0.1) is 0 Å². The van der Waals surface area contributed by atoms with Crippen LogP contribution in [0.25, 0.3) is 49.4 Å². The first-order valence-electron chi connectivity index (χ1n) is 19.2. The summed E-state index contributed by atoms with van der Waals surface area (Å²) in [5.74, 6) is 1.44. The van der Waals surface area contributed by atoms with Gasteiger partial charge in [0.15, 0.2) is 0 Å². The smallest absolute Gasteiger partial charge is 0.128 e. The first kappa shape index (κ1) is 32.2. The van der Waals surface area contributed by atoms with Gasteiger partial charge in [0.25, 0.3) is 0 Å². The van der Waals surface area contributed by atoms with E-state index in [1.54, 1.807) is 0 Å². The van der Waals surface area contributed by atoms with Crippen LogP contribution in [-0.2, 0) is 6.42 Å². The van der Waals surface area contributed by atoms with Crippen LogP contribution in [-0.4, -0.2) is 6.10 Å². The zero-order valence-electron chi connectivity index (χ0n) is 30.1. The number of allylic oxidation sites excluding steroid dienone is 2. The molecule has 10 rings (SSSR count). The first-order chi connectivity index (χ1) is 26.7. The average Bonchev–Trinajstić information content (AvgIpc) is 3.62.